The van der Waals surface area contributed by atoms with Crippen molar-refractivity contribution in [2.45, 2.75) is 26.7 Å². The summed E-state index contributed by atoms with van der Waals surface area (Å²) in [5.74, 6) is 2.13. The standard InChI is InChI=1S/C9H18ClO3P/c1-3-12-14(11,13-4-2)9-7-5-6-8-10/h7,9H,3-6,8H2,1-2H3/b9-7+. The van der Waals surface area contributed by atoms with Crippen LogP contribution in [0.4, 0.5) is 0 Å². The highest BCUT2D eigenvalue weighted by atomic mass is 35.5. The fourth-order valence-corrected chi connectivity index (χ4v) is 2.41. The van der Waals surface area contributed by atoms with Crippen LogP contribution in [0.1, 0.15) is 26.7 Å². The summed E-state index contributed by atoms with van der Waals surface area (Å²) < 4.78 is 21.9. The zero-order chi connectivity index (χ0) is 10.9. The van der Waals surface area contributed by atoms with Crippen molar-refractivity contribution in [2.75, 3.05) is 19.1 Å². The maximum atomic E-state index is 11.8. The molecule has 0 amide bonds. The molecule has 14 heavy (non-hydrogen) atoms. The first-order valence-electron chi connectivity index (χ1n) is 4.81. The summed E-state index contributed by atoms with van der Waals surface area (Å²) in [5, 5.41) is 0. The molecule has 0 N–H and O–H groups in total. The molecule has 0 unspecified atom stereocenters. The van der Waals surface area contributed by atoms with Gasteiger partial charge in [-0.15, -0.1) is 11.6 Å². The summed E-state index contributed by atoms with van der Waals surface area (Å²) in [5.41, 5.74) is 0. The second-order valence-electron chi connectivity index (χ2n) is 2.59. The van der Waals surface area contributed by atoms with Gasteiger partial charge < -0.3 is 9.05 Å². The molecule has 0 aromatic heterocycles. The molecular weight excluding hydrogens is 223 g/mol. The van der Waals surface area contributed by atoms with Crippen LogP contribution >= 0.6 is 19.2 Å². The molecule has 0 atom stereocenters. The Morgan fingerprint density at radius 3 is 2.29 bits per heavy atom. The summed E-state index contributed by atoms with van der Waals surface area (Å²) in [7, 11) is -2.98. The summed E-state index contributed by atoms with van der Waals surface area (Å²) in [6, 6.07) is 0. The molecule has 84 valence electrons. The van der Waals surface area contributed by atoms with E-state index in [1.165, 1.54) is 5.82 Å². The Hall–Kier alpha value is 0.180. The van der Waals surface area contributed by atoms with Crippen LogP contribution in [0.5, 0.6) is 0 Å². The molecule has 0 saturated heterocycles. The molecule has 0 heterocycles. The summed E-state index contributed by atoms with van der Waals surface area (Å²) >= 11 is 5.51. The van der Waals surface area contributed by atoms with Gasteiger partial charge in [0.25, 0.3) is 0 Å². The SMILES string of the molecule is CCOP(=O)(/C=C/CCCCl)OCC. The lowest BCUT2D eigenvalue weighted by atomic mass is 10.3. The third-order valence-corrected chi connectivity index (χ3v) is 3.49. The minimum atomic E-state index is -2.98. The second-order valence-corrected chi connectivity index (χ2v) is 4.86. The van der Waals surface area contributed by atoms with E-state index in [2.05, 4.69) is 0 Å². The van der Waals surface area contributed by atoms with E-state index >= 15 is 0 Å². The molecule has 0 spiro atoms. The van der Waals surface area contributed by atoms with E-state index in [0.717, 1.165) is 12.8 Å². The summed E-state index contributed by atoms with van der Waals surface area (Å²) in [6.07, 6.45) is 3.47. The Labute approximate surface area is 91.0 Å². The van der Waals surface area contributed by atoms with Crippen LogP contribution in [0.25, 0.3) is 0 Å². The maximum Gasteiger partial charge on any atom is 0.353 e. The van der Waals surface area contributed by atoms with Gasteiger partial charge in [-0.1, -0.05) is 6.08 Å². The van der Waals surface area contributed by atoms with Crippen molar-refractivity contribution < 1.29 is 13.6 Å². The normalized spacial score (nSPS) is 12.5. The van der Waals surface area contributed by atoms with Crippen LogP contribution in [0.2, 0.25) is 0 Å². The predicted molar refractivity (Wildman–Crippen MR) is 60.0 cm³/mol. The number of hydrogen-bond acceptors (Lipinski definition) is 3. The topological polar surface area (TPSA) is 35.5 Å². The number of hydrogen-bond donors (Lipinski definition) is 0. The quantitative estimate of drug-likeness (QED) is 0.368. The number of rotatable bonds is 8. The monoisotopic (exact) mass is 240 g/mol. The van der Waals surface area contributed by atoms with Crippen molar-refractivity contribution in [1.29, 1.82) is 0 Å². The lowest BCUT2D eigenvalue weighted by Gasteiger charge is -2.12. The van der Waals surface area contributed by atoms with E-state index in [4.69, 9.17) is 20.6 Å². The highest BCUT2D eigenvalue weighted by molar-refractivity contribution is 7.57. The van der Waals surface area contributed by atoms with E-state index in [1.54, 1.807) is 19.9 Å². The van der Waals surface area contributed by atoms with Crippen molar-refractivity contribution in [3.05, 3.63) is 11.9 Å². The van der Waals surface area contributed by atoms with Crippen molar-refractivity contribution in [2.24, 2.45) is 0 Å². The Bertz CT molecular complexity index is 196. The average Bonchev–Trinajstić information content (AvgIpc) is 2.13. The lowest BCUT2D eigenvalue weighted by Crippen LogP contribution is -1.92. The van der Waals surface area contributed by atoms with Gasteiger partial charge in [-0.3, -0.25) is 4.57 Å². The molecule has 0 aromatic rings. The lowest BCUT2D eigenvalue weighted by molar-refractivity contribution is 0.229. The third-order valence-electron chi connectivity index (χ3n) is 1.41. The first-order valence-corrected chi connectivity index (χ1v) is 6.95. The Balaban J connectivity index is 4.07. The molecule has 0 aliphatic rings. The van der Waals surface area contributed by atoms with Gasteiger partial charge in [0.05, 0.1) is 13.2 Å². The highest BCUT2D eigenvalue weighted by Gasteiger charge is 2.18. The van der Waals surface area contributed by atoms with Crippen LogP contribution in [-0.2, 0) is 13.6 Å². The van der Waals surface area contributed by atoms with Gasteiger partial charge in [-0.05, 0) is 26.7 Å². The van der Waals surface area contributed by atoms with Gasteiger partial charge in [-0.25, -0.2) is 0 Å². The molecule has 3 nitrogen and oxygen atoms in total. The van der Waals surface area contributed by atoms with Gasteiger partial charge in [-0.2, -0.15) is 0 Å². The highest BCUT2D eigenvalue weighted by Crippen LogP contribution is 2.49. The smallest absolute Gasteiger partial charge is 0.306 e. The van der Waals surface area contributed by atoms with Crippen LogP contribution in [0.3, 0.4) is 0 Å². The van der Waals surface area contributed by atoms with Crippen molar-refractivity contribution in [3.63, 3.8) is 0 Å². The molecule has 0 radical (unpaired) electrons. The van der Waals surface area contributed by atoms with Gasteiger partial charge in [0.1, 0.15) is 0 Å². The van der Waals surface area contributed by atoms with Crippen molar-refractivity contribution in [1.82, 2.24) is 0 Å². The number of alkyl halides is 1. The van der Waals surface area contributed by atoms with Crippen LogP contribution in [0, 0.1) is 0 Å². The van der Waals surface area contributed by atoms with Crippen LogP contribution < -0.4 is 0 Å². The van der Waals surface area contributed by atoms with E-state index in [1.807, 2.05) is 0 Å². The van der Waals surface area contributed by atoms with Gasteiger partial charge in [0.2, 0.25) is 0 Å². The number of halogens is 1. The molecule has 0 aliphatic carbocycles. The van der Waals surface area contributed by atoms with Crippen LogP contribution in [0.15, 0.2) is 11.9 Å². The minimum Gasteiger partial charge on any atom is -0.306 e. The zero-order valence-corrected chi connectivity index (χ0v) is 10.4. The summed E-state index contributed by atoms with van der Waals surface area (Å²) in [6.45, 7) is 4.35. The van der Waals surface area contributed by atoms with E-state index in [9.17, 15) is 4.57 Å². The van der Waals surface area contributed by atoms with Crippen molar-refractivity contribution >= 4 is 19.2 Å². The van der Waals surface area contributed by atoms with E-state index in [0.29, 0.717) is 19.1 Å². The maximum absolute atomic E-state index is 11.8. The number of allylic oxidation sites excluding steroid dienone is 1. The zero-order valence-electron chi connectivity index (χ0n) is 8.74. The second kappa shape index (κ2) is 8.49. The van der Waals surface area contributed by atoms with Gasteiger partial charge in [0.15, 0.2) is 0 Å². The van der Waals surface area contributed by atoms with Gasteiger partial charge in [0, 0.05) is 11.7 Å². The molecule has 0 rings (SSSR count). The Kier molecular flexibility index (Phi) is 8.59. The Morgan fingerprint density at radius 2 is 1.86 bits per heavy atom. The molecule has 0 aromatic carbocycles. The van der Waals surface area contributed by atoms with E-state index in [-0.39, 0.29) is 0 Å². The van der Waals surface area contributed by atoms with Crippen LogP contribution in [-0.4, -0.2) is 19.1 Å². The predicted octanol–water partition coefficient (Wildman–Crippen LogP) is 3.79. The molecule has 0 aliphatic heterocycles. The minimum absolute atomic E-state index is 0.386. The molecule has 5 heteroatoms. The first-order chi connectivity index (χ1) is 6.68. The third kappa shape index (κ3) is 6.61. The fourth-order valence-electron chi connectivity index (χ4n) is 0.882. The molecule has 0 saturated carbocycles. The molecule has 0 bridgehead atoms. The van der Waals surface area contributed by atoms with Gasteiger partial charge >= 0.3 is 7.60 Å². The summed E-state index contributed by atoms with van der Waals surface area (Å²) in [4.78, 5) is 0. The first kappa shape index (κ1) is 14.2. The van der Waals surface area contributed by atoms with Crippen molar-refractivity contribution in [3.8, 4) is 0 Å². The molecule has 0 fully saturated rings. The Morgan fingerprint density at radius 1 is 1.29 bits per heavy atom. The molecular formula is C9H18ClO3P. The van der Waals surface area contributed by atoms with E-state index < -0.39 is 7.60 Å². The average molecular weight is 241 g/mol. The largest absolute Gasteiger partial charge is 0.353 e. The number of unbranched alkanes of at least 4 members (excludes halogenated alkanes) is 1. The fraction of sp³-hybridized carbons (Fsp3) is 0.778.